The van der Waals surface area contributed by atoms with E-state index in [0.29, 0.717) is 26.2 Å². The molecule has 3 rings (SSSR count). The Kier molecular flexibility index (Phi) is 4.69. The fraction of sp³-hybridized carbons (Fsp3) is 0.118. The average molecular weight is 408 g/mol. The Balaban J connectivity index is 2.35. The van der Waals surface area contributed by atoms with Crippen LogP contribution in [0.5, 0.6) is 0 Å². The lowest BCUT2D eigenvalue weighted by atomic mass is 10.1. The largest absolute Gasteiger partial charge is 0.462 e. The Morgan fingerprint density at radius 2 is 2.12 bits per heavy atom. The molecule has 0 saturated heterocycles. The van der Waals surface area contributed by atoms with Gasteiger partial charge in [-0.1, -0.05) is 11.6 Å². The van der Waals surface area contributed by atoms with Crippen LogP contribution >= 0.6 is 27.5 Å². The minimum atomic E-state index is -0.664. The van der Waals surface area contributed by atoms with Gasteiger partial charge in [0.05, 0.1) is 24.0 Å². The maximum absolute atomic E-state index is 12.6. The van der Waals surface area contributed by atoms with Gasteiger partial charge in [-0.15, -0.1) is 0 Å². The number of carbonyl (C=O) groups is 1. The summed E-state index contributed by atoms with van der Waals surface area (Å²) >= 11 is 9.31. The van der Waals surface area contributed by atoms with Gasteiger partial charge in [-0.2, -0.15) is 0 Å². The second kappa shape index (κ2) is 6.75. The third kappa shape index (κ3) is 3.07. The summed E-state index contributed by atoms with van der Waals surface area (Å²) in [5, 5.41) is 0.761. The summed E-state index contributed by atoms with van der Waals surface area (Å²) in [7, 11) is 0. The van der Waals surface area contributed by atoms with E-state index in [1.165, 1.54) is 6.20 Å². The topological polar surface area (TPSA) is 61.2 Å². The van der Waals surface area contributed by atoms with Gasteiger partial charge in [0.2, 0.25) is 5.43 Å². The molecule has 0 fully saturated rings. The molecule has 2 heterocycles. The maximum atomic E-state index is 12.6. The van der Waals surface area contributed by atoms with Crippen molar-refractivity contribution in [3.63, 3.8) is 0 Å². The molecule has 24 heavy (non-hydrogen) atoms. The van der Waals surface area contributed by atoms with Crippen LogP contribution in [0.4, 0.5) is 0 Å². The van der Waals surface area contributed by atoms with Gasteiger partial charge in [-0.05, 0) is 53.2 Å². The number of hydrogen-bond acceptors (Lipinski definition) is 4. The summed E-state index contributed by atoms with van der Waals surface area (Å²) in [5.41, 5.74) is 0.874. The first-order valence-corrected chi connectivity index (χ1v) is 8.32. The number of esters is 1. The first-order chi connectivity index (χ1) is 11.5. The molecule has 0 bridgehead atoms. The Morgan fingerprint density at radius 3 is 2.79 bits per heavy atom. The van der Waals surface area contributed by atoms with Crippen molar-refractivity contribution < 1.29 is 9.53 Å². The quantitative estimate of drug-likeness (QED) is 0.487. The SMILES string of the molecule is CCOC(=O)c1cn(-c2ccc(Br)nc2)c2ccc(Cl)cc2c1=O. The van der Waals surface area contributed by atoms with E-state index in [4.69, 9.17) is 16.3 Å². The zero-order chi connectivity index (χ0) is 17.3. The van der Waals surface area contributed by atoms with Crippen LogP contribution in [0.2, 0.25) is 5.02 Å². The van der Waals surface area contributed by atoms with Gasteiger partial charge < -0.3 is 9.30 Å². The molecule has 2 aromatic heterocycles. The lowest BCUT2D eigenvalue weighted by Gasteiger charge is -2.13. The molecule has 0 aliphatic rings. The number of ether oxygens (including phenoxy) is 1. The van der Waals surface area contributed by atoms with E-state index in [9.17, 15) is 9.59 Å². The van der Waals surface area contributed by atoms with Crippen molar-refractivity contribution in [2.75, 3.05) is 6.61 Å². The molecule has 0 amide bonds. The van der Waals surface area contributed by atoms with Crippen molar-refractivity contribution in [2.45, 2.75) is 6.92 Å². The van der Waals surface area contributed by atoms with Gasteiger partial charge in [0, 0.05) is 16.6 Å². The number of nitrogens with zero attached hydrogens (tertiary/aromatic N) is 2. The molecule has 3 aromatic rings. The van der Waals surface area contributed by atoms with Gasteiger partial charge in [0.25, 0.3) is 0 Å². The smallest absolute Gasteiger partial charge is 0.343 e. The van der Waals surface area contributed by atoms with Crippen LogP contribution in [0.3, 0.4) is 0 Å². The van der Waals surface area contributed by atoms with Gasteiger partial charge in [-0.3, -0.25) is 4.79 Å². The number of carbonyl (C=O) groups excluding carboxylic acids is 1. The van der Waals surface area contributed by atoms with Gasteiger partial charge in [0.15, 0.2) is 0 Å². The number of hydrogen-bond donors (Lipinski definition) is 0. The number of rotatable bonds is 3. The van der Waals surface area contributed by atoms with Crippen LogP contribution in [0.15, 0.2) is 52.1 Å². The molecular formula is C17H12BrClN2O3. The summed E-state index contributed by atoms with van der Waals surface area (Å²) in [4.78, 5) is 29.0. The van der Waals surface area contributed by atoms with Gasteiger partial charge >= 0.3 is 5.97 Å². The molecule has 122 valence electrons. The lowest BCUT2D eigenvalue weighted by molar-refractivity contribution is 0.0524. The zero-order valence-electron chi connectivity index (χ0n) is 12.6. The normalized spacial score (nSPS) is 10.8. The van der Waals surface area contributed by atoms with E-state index in [0.717, 1.165) is 0 Å². The summed E-state index contributed by atoms with van der Waals surface area (Å²) in [6.07, 6.45) is 3.11. The van der Waals surface area contributed by atoms with E-state index >= 15 is 0 Å². The fourth-order valence-electron chi connectivity index (χ4n) is 2.38. The maximum Gasteiger partial charge on any atom is 0.343 e. The minimum absolute atomic E-state index is 0.0467. The second-order valence-corrected chi connectivity index (χ2v) is 6.21. The molecule has 0 spiro atoms. The Morgan fingerprint density at radius 1 is 1.33 bits per heavy atom. The van der Waals surface area contributed by atoms with Crippen LogP contribution < -0.4 is 5.43 Å². The second-order valence-electron chi connectivity index (χ2n) is 4.96. The molecular weight excluding hydrogens is 396 g/mol. The highest BCUT2D eigenvalue weighted by atomic mass is 79.9. The van der Waals surface area contributed by atoms with Crippen LogP contribution in [-0.4, -0.2) is 22.1 Å². The first-order valence-electron chi connectivity index (χ1n) is 7.15. The zero-order valence-corrected chi connectivity index (χ0v) is 15.0. The van der Waals surface area contributed by atoms with Crippen molar-refractivity contribution >= 4 is 44.4 Å². The summed E-state index contributed by atoms with van der Waals surface area (Å²) in [5.74, 6) is -0.664. The number of fused-ring (bicyclic) bond motifs is 1. The lowest BCUT2D eigenvalue weighted by Crippen LogP contribution is -2.20. The molecule has 0 saturated carbocycles. The molecule has 0 unspecified atom stereocenters. The van der Waals surface area contributed by atoms with Crippen LogP contribution in [-0.2, 0) is 4.74 Å². The predicted octanol–water partition coefficient (Wildman–Crippen LogP) is 3.98. The number of aromatic nitrogens is 2. The van der Waals surface area contributed by atoms with Crippen LogP contribution in [0.25, 0.3) is 16.6 Å². The van der Waals surface area contributed by atoms with Crippen molar-refractivity contribution in [3.05, 3.63) is 68.1 Å². The van der Waals surface area contributed by atoms with Crippen LogP contribution in [0, 0.1) is 0 Å². The Labute approximate surface area is 151 Å². The fourth-order valence-corrected chi connectivity index (χ4v) is 2.79. The van der Waals surface area contributed by atoms with E-state index in [2.05, 4.69) is 20.9 Å². The van der Waals surface area contributed by atoms with Crippen molar-refractivity contribution in [3.8, 4) is 5.69 Å². The van der Waals surface area contributed by atoms with E-state index in [1.807, 2.05) is 6.07 Å². The molecule has 0 radical (unpaired) electrons. The van der Waals surface area contributed by atoms with Crippen molar-refractivity contribution in [1.29, 1.82) is 0 Å². The molecule has 0 aliphatic heterocycles. The molecule has 0 atom stereocenters. The Bertz CT molecular complexity index is 984. The number of benzene rings is 1. The van der Waals surface area contributed by atoms with E-state index < -0.39 is 11.4 Å². The third-order valence-electron chi connectivity index (χ3n) is 3.45. The molecule has 0 aliphatic carbocycles. The van der Waals surface area contributed by atoms with Crippen molar-refractivity contribution in [2.24, 2.45) is 0 Å². The highest BCUT2D eigenvalue weighted by molar-refractivity contribution is 9.10. The molecule has 5 nitrogen and oxygen atoms in total. The summed E-state index contributed by atoms with van der Waals surface area (Å²) in [6, 6.07) is 8.57. The highest BCUT2D eigenvalue weighted by Gasteiger charge is 2.17. The van der Waals surface area contributed by atoms with Crippen molar-refractivity contribution in [1.82, 2.24) is 9.55 Å². The average Bonchev–Trinajstić information content (AvgIpc) is 2.57. The predicted molar refractivity (Wildman–Crippen MR) is 96.0 cm³/mol. The number of pyridine rings is 2. The number of halogens is 2. The van der Waals surface area contributed by atoms with Gasteiger partial charge in [-0.25, -0.2) is 9.78 Å². The standard InChI is InChI=1S/C17H12BrClN2O3/c1-2-24-17(23)13-9-21(11-4-6-15(18)20-8-11)14-5-3-10(19)7-12(14)16(13)22/h3-9H,2H2,1H3. The summed E-state index contributed by atoms with van der Waals surface area (Å²) in [6.45, 7) is 1.87. The Hall–Kier alpha value is -2.18. The van der Waals surface area contributed by atoms with E-state index in [1.54, 1.807) is 42.0 Å². The van der Waals surface area contributed by atoms with Gasteiger partial charge in [0.1, 0.15) is 10.2 Å². The highest BCUT2D eigenvalue weighted by Crippen LogP contribution is 2.21. The van der Waals surface area contributed by atoms with Crippen LogP contribution in [0.1, 0.15) is 17.3 Å². The monoisotopic (exact) mass is 406 g/mol. The first kappa shape index (κ1) is 16.7. The summed E-state index contributed by atoms with van der Waals surface area (Å²) < 4.78 is 7.40. The molecule has 0 N–H and O–H groups in total. The third-order valence-corrected chi connectivity index (χ3v) is 4.16. The molecule has 1 aromatic carbocycles. The van der Waals surface area contributed by atoms with E-state index in [-0.39, 0.29) is 12.2 Å². The minimum Gasteiger partial charge on any atom is -0.462 e. The molecule has 7 heteroatoms.